The molecule has 0 N–H and O–H groups in total. The van der Waals surface area contributed by atoms with E-state index in [4.69, 9.17) is 14.2 Å². The van der Waals surface area contributed by atoms with Crippen LogP contribution < -0.4 is 9.47 Å². The van der Waals surface area contributed by atoms with Crippen molar-refractivity contribution in [2.45, 2.75) is 6.61 Å². The second kappa shape index (κ2) is 7.75. The number of halogens is 1. The zero-order chi connectivity index (χ0) is 15.1. The number of rotatable bonds is 7. The third-order valence-corrected chi connectivity index (χ3v) is 3.41. The zero-order valence-electron chi connectivity index (χ0n) is 11.4. The number of aldehydes is 1. The van der Waals surface area contributed by atoms with Crippen molar-refractivity contribution >= 4 is 22.2 Å². The van der Waals surface area contributed by atoms with Gasteiger partial charge in [-0.15, -0.1) is 0 Å². The largest absolute Gasteiger partial charge is 0.488 e. The minimum Gasteiger partial charge on any atom is -0.488 e. The SMILES string of the molecule is COCOc1cccc(OCc2cccnc2Br)c1C=O. The Morgan fingerprint density at radius 1 is 1.19 bits per heavy atom. The Bertz CT molecular complexity index is 618. The van der Waals surface area contributed by atoms with Crippen molar-refractivity contribution in [3.63, 3.8) is 0 Å². The molecule has 0 amide bonds. The van der Waals surface area contributed by atoms with E-state index in [1.54, 1.807) is 24.4 Å². The van der Waals surface area contributed by atoms with Gasteiger partial charge in [-0.1, -0.05) is 12.1 Å². The van der Waals surface area contributed by atoms with E-state index in [0.717, 1.165) is 5.56 Å². The number of hydrogen-bond acceptors (Lipinski definition) is 5. The van der Waals surface area contributed by atoms with Gasteiger partial charge in [-0.3, -0.25) is 4.79 Å². The average Bonchev–Trinajstić information content (AvgIpc) is 2.52. The topological polar surface area (TPSA) is 57.6 Å². The van der Waals surface area contributed by atoms with Crippen LogP contribution in [0.5, 0.6) is 11.5 Å². The summed E-state index contributed by atoms with van der Waals surface area (Å²) in [6.45, 7) is 0.363. The van der Waals surface area contributed by atoms with Crippen molar-refractivity contribution < 1.29 is 19.0 Å². The molecule has 6 heteroatoms. The molecule has 0 unspecified atom stereocenters. The zero-order valence-corrected chi connectivity index (χ0v) is 13.0. The van der Waals surface area contributed by atoms with Crippen molar-refractivity contribution in [1.82, 2.24) is 4.98 Å². The summed E-state index contributed by atoms with van der Waals surface area (Å²) in [7, 11) is 1.51. The predicted molar refractivity (Wildman–Crippen MR) is 80.6 cm³/mol. The number of methoxy groups -OCH3 is 1. The van der Waals surface area contributed by atoms with Crippen LogP contribution in [-0.4, -0.2) is 25.2 Å². The lowest BCUT2D eigenvalue weighted by molar-refractivity contribution is 0.0503. The highest BCUT2D eigenvalue weighted by atomic mass is 79.9. The minimum atomic E-state index is 0.0679. The Labute approximate surface area is 131 Å². The molecule has 0 aliphatic heterocycles. The number of aromatic nitrogens is 1. The minimum absolute atomic E-state index is 0.0679. The average molecular weight is 352 g/mol. The Morgan fingerprint density at radius 3 is 2.62 bits per heavy atom. The van der Waals surface area contributed by atoms with Crippen LogP contribution in [0.1, 0.15) is 15.9 Å². The van der Waals surface area contributed by atoms with Crippen molar-refractivity contribution in [2.24, 2.45) is 0 Å². The smallest absolute Gasteiger partial charge is 0.188 e. The highest BCUT2D eigenvalue weighted by molar-refractivity contribution is 9.10. The van der Waals surface area contributed by atoms with Crippen LogP contribution >= 0.6 is 15.9 Å². The van der Waals surface area contributed by atoms with Crippen LogP contribution in [0.3, 0.4) is 0 Å². The molecule has 2 rings (SSSR count). The number of carbonyl (C=O) groups excluding carboxylic acids is 1. The van der Waals surface area contributed by atoms with Gasteiger partial charge in [-0.25, -0.2) is 4.98 Å². The summed E-state index contributed by atoms with van der Waals surface area (Å²) in [5.41, 5.74) is 1.24. The van der Waals surface area contributed by atoms with E-state index in [2.05, 4.69) is 20.9 Å². The molecule has 1 aromatic heterocycles. The summed E-state index contributed by atoms with van der Waals surface area (Å²) in [6.07, 6.45) is 2.39. The number of nitrogens with zero attached hydrogens (tertiary/aromatic N) is 1. The van der Waals surface area contributed by atoms with Crippen LogP contribution in [0.15, 0.2) is 41.1 Å². The fourth-order valence-electron chi connectivity index (χ4n) is 1.70. The number of carbonyl (C=O) groups is 1. The second-order valence-corrected chi connectivity index (χ2v) is 4.83. The standard InChI is InChI=1S/C15H14BrNO4/c1-19-10-21-14-6-2-5-13(12(14)8-18)20-9-11-4-3-7-17-15(11)16/h2-8H,9-10H2,1H3. The van der Waals surface area contributed by atoms with E-state index in [1.165, 1.54) is 7.11 Å². The molecule has 1 aromatic carbocycles. The summed E-state index contributed by atoms with van der Waals surface area (Å²) in [5, 5.41) is 0. The van der Waals surface area contributed by atoms with E-state index in [9.17, 15) is 4.79 Å². The van der Waals surface area contributed by atoms with Gasteiger partial charge in [0.15, 0.2) is 13.1 Å². The molecule has 0 atom stereocenters. The molecule has 0 fully saturated rings. The summed E-state index contributed by atoms with van der Waals surface area (Å²) in [5.74, 6) is 0.879. The number of benzene rings is 1. The van der Waals surface area contributed by atoms with E-state index in [-0.39, 0.29) is 6.79 Å². The van der Waals surface area contributed by atoms with E-state index >= 15 is 0 Å². The molecule has 110 valence electrons. The number of ether oxygens (including phenoxy) is 3. The summed E-state index contributed by atoms with van der Waals surface area (Å²) in [6, 6.07) is 8.88. The van der Waals surface area contributed by atoms with E-state index in [1.807, 2.05) is 12.1 Å². The molecular weight excluding hydrogens is 338 g/mol. The number of hydrogen-bond donors (Lipinski definition) is 0. The first-order valence-corrected chi connectivity index (χ1v) is 6.97. The van der Waals surface area contributed by atoms with Crippen molar-refractivity contribution in [1.29, 1.82) is 0 Å². The van der Waals surface area contributed by atoms with Crippen LogP contribution in [0, 0.1) is 0 Å². The monoisotopic (exact) mass is 351 g/mol. The Balaban J connectivity index is 2.16. The van der Waals surface area contributed by atoms with E-state index < -0.39 is 0 Å². The van der Waals surface area contributed by atoms with Gasteiger partial charge in [0.2, 0.25) is 0 Å². The first kappa shape index (κ1) is 15.5. The predicted octanol–water partition coefficient (Wildman–Crippen LogP) is 3.22. The van der Waals surface area contributed by atoms with Gasteiger partial charge in [0, 0.05) is 18.9 Å². The van der Waals surface area contributed by atoms with Crippen LogP contribution in [0.2, 0.25) is 0 Å². The summed E-state index contributed by atoms with van der Waals surface area (Å²) >= 11 is 3.35. The third-order valence-electron chi connectivity index (χ3n) is 2.70. The van der Waals surface area contributed by atoms with Gasteiger partial charge in [0.05, 0.1) is 5.56 Å². The lowest BCUT2D eigenvalue weighted by Crippen LogP contribution is -2.04. The lowest BCUT2D eigenvalue weighted by Gasteiger charge is -2.12. The molecule has 0 aliphatic carbocycles. The van der Waals surface area contributed by atoms with Gasteiger partial charge in [0.1, 0.15) is 22.7 Å². The fourth-order valence-corrected chi connectivity index (χ4v) is 2.06. The Hall–Kier alpha value is -1.92. The van der Waals surface area contributed by atoms with Gasteiger partial charge in [0.25, 0.3) is 0 Å². The highest BCUT2D eigenvalue weighted by Crippen LogP contribution is 2.28. The normalized spacial score (nSPS) is 10.2. The third kappa shape index (κ3) is 4.03. The van der Waals surface area contributed by atoms with Crippen LogP contribution in [-0.2, 0) is 11.3 Å². The fraction of sp³-hybridized carbons (Fsp3) is 0.200. The Kier molecular flexibility index (Phi) is 5.71. The van der Waals surface area contributed by atoms with Crippen molar-refractivity contribution in [2.75, 3.05) is 13.9 Å². The highest BCUT2D eigenvalue weighted by Gasteiger charge is 2.11. The maximum absolute atomic E-state index is 11.3. The second-order valence-electron chi connectivity index (χ2n) is 4.08. The molecule has 0 radical (unpaired) electrons. The van der Waals surface area contributed by atoms with Crippen molar-refractivity contribution in [3.8, 4) is 11.5 Å². The van der Waals surface area contributed by atoms with Crippen LogP contribution in [0.25, 0.3) is 0 Å². The van der Waals surface area contributed by atoms with Gasteiger partial charge < -0.3 is 14.2 Å². The molecule has 0 saturated carbocycles. The summed E-state index contributed by atoms with van der Waals surface area (Å²) in [4.78, 5) is 15.4. The lowest BCUT2D eigenvalue weighted by atomic mass is 10.2. The molecule has 0 aliphatic rings. The summed E-state index contributed by atoms with van der Waals surface area (Å²) < 4.78 is 16.6. The molecule has 21 heavy (non-hydrogen) atoms. The van der Waals surface area contributed by atoms with Crippen molar-refractivity contribution in [3.05, 3.63) is 52.3 Å². The molecule has 5 nitrogen and oxygen atoms in total. The van der Waals surface area contributed by atoms with E-state index in [0.29, 0.717) is 34.6 Å². The van der Waals surface area contributed by atoms with Gasteiger partial charge in [-0.05, 0) is 34.1 Å². The first-order valence-electron chi connectivity index (χ1n) is 6.18. The first-order chi connectivity index (χ1) is 10.3. The van der Waals surface area contributed by atoms with Crippen LogP contribution in [0.4, 0.5) is 0 Å². The molecule has 0 spiro atoms. The van der Waals surface area contributed by atoms with Gasteiger partial charge in [-0.2, -0.15) is 0 Å². The maximum atomic E-state index is 11.3. The molecule has 0 saturated heterocycles. The maximum Gasteiger partial charge on any atom is 0.188 e. The van der Waals surface area contributed by atoms with Gasteiger partial charge >= 0.3 is 0 Å². The molecular formula is C15H14BrNO4. The molecule has 1 heterocycles. The molecule has 2 aromatic rings. The molecule has 0 bridgehead atoms. The quantitative estimate of drug-likeness (QED) is 0.435. The number of pyridine rings is 1. The Morgan fingerprint density at radius 2 is 1.95 bits per heavy atom.